The molecule has 1 heterocycles. The highest BCUT2D eigenvalue weighted by molar-refractivity contribution is 6.30. The summed E-state index contributed by atoms with van der Waals surface area (Å²) < 4.78 is 0. The lowest BCUT2D eigenvalue weighted by atomic mass is 9.72. The van der Waals surface area contributed by atoms with Crippen LogP contribution in [-0.4, -0.2) is 47.0 Å². The summed E-state index contributed by atoms with van der Waals surface area (Å²) in [6.07, 6.45) is 3.10. The Morgan fingerprint density at radius 3 is 2.80 bits per heavy atom. The van der Waals surface area contributed by atoms with E-state index in [-0.39, 0.29) is 34.7 Å². The molecule has 3 N–H and O–H groups in total. The summed E-state index contributed by atoms with van der Waals surface area (Å²) in [5.74, 6) is 0.423. The van der Waals surface area contributed by atoms with Gasteiger partial charge in [0.05, 0.1) is 16.9 Å². The number of piperidine rings is 1. The van der Waals surface area contributed by atoms with E-state index in [1.165, 1.54) is 6.92 Å². The zero-order chi connectivity index (χ0) is 14.7. The number of nitrogens with one attached hydrogen (secondary N) is 2. The van der Waals surface area contributed by atoms with E-state index in [0.29, 0.717) is 12.5 Å². The van der Waals surface area contributed by atoms with Gasteiger partial charge in [0, 0.05) is 25.4 Å². The Hall–Kier alpha value is -0.0300. The van der Waals surface area contributed by atoms with E-state index in [0.717, 1.165) is 32.2 Å². The Labute approximate surface area is 130 Å². The lowest BCUT2D eigenvalue weighted by Gasteiger charge is -2.43. The van der Waals surface area contributed by atoms with Gasteiger partial charge in [0.25, 0.3) is 0 Å². The monoisotopic (exact) mass is 322 g/mol. The van der Waals surface area contributed by atoms with E-state index < -0.39 is 0 Å². The van der Waals surface area contributed by atoms with Crippen molar-refractivity contribution in [3.8, 4) is 0 Å². The van der Waals surface area contributed by atoms with Crippen LogP contribution in [0.1, 0.15) is 32.6 Å². The minimum atomic E-state index is -0.350. The van der Waals surface area contributed by atoms with Gasteiger partial charge in [-0.3, -0.25) is 4.79 Å². The molecule has 4 nitrogen and oxygen atoms in total. The first kappa shape index (κ1) is 16.3. The number of aliphatic hydroxyl groups is 1. The first-order valence-electron chi connectivity index (χ1n) is 7.43. The van der Waals surface area contributed by atoms with Crippen LogP contribution in [0, 0.1) is 11.8 Å². The topological polar surface area (TPSA) is 61.4 Å². The maximum Gasteiger partial charge on any atom is 0.216 e. The number of hydrogen-bond acceptors (Lipinski definition) is 3. The molecule has 6 atom stereocenters. The number of carbonyl (C=O) groups excluding carboxylic acids is 1. The van der Waals surface area contributed by atoms with Crippen LogP contribution >= 0.6 is 23.2 Å². The van der Waals surface area contributed by atoms with Gasteiger partial charge in [-0.25, -0.2) is 0 Å². The summed E-state index contributed by atoms with van der Waals surface area (Å²) in [4.78, 5) is 11.0. The standard InChI is InChI=1S/C14H24Cl2N2O2/c1-8(19)18-7-10-6-9(4-5-17-10)13-12(20)3-2-11(15)14(13)16/h9-14,17,20H,2-7H2,1H3,(H,18,19). The minimum Gasteiger partial charge on any atom is -0.393 e. The minimum absolute atomic E-state index is 0.0114. The zero-order valence-corrected chi connectivity index (χ0v) is 13.3. The number of carbonyl (C=O) groups is 1. The lowest BCUT2D eigenvalue weighted by Crippen LogP contribution is -2.51. The molecule has 0 aromatic rings. The maximum atomic E-state index is 11.0. The third-order valence-corrected chi connectivity index (χ3v) is 5.79. The van der Waals surface area contributed by atoms with Crippen molar-refractivity contribution in [3.63, 3.8) is 0 Å². The molecule has 6 heteroatoms. The Balaban J connectivity index is 1.94. The highest BCUT2D eigenvalue weighted by atomic mass is 35.5. The fourth-order valence-corrected chi connectivity index (χ4v) is 4.31. The first-order chi connectivity index (χ1) is 9.49. The third-order valence-electron chi connectivity index (χ3n) is 4.57. The molecule has 0 spiro atoms. The van der Waals surface area contributed by atoms with Crippen molar-refractivity contribution in [1.82, 2.24) is 10.6 Å². The summed E-state index contributed by atoms with van der Waals surface area (Å²) >= 11 is 12.7. The van der Waals surface area contributed by atoms with E-state index in [9.17, 15) is 9.90 Å². The smallest absolute Gasteiger partial charge is 0.216 e. The van der Waals surface area contributed by atoms with Crippen molar-refractivity contribution in [3.05, 3.63) is 0 Å². The number of hydrogen-bond donors (Lipinski definition) is 3. The Morgan fingerprint density at radius 1 is 1.35 bits per heavy atom. The fourth-order valence-electron chi connectivity index (χ4n) is 3.52. The molecule has 116 valence electrons. The van der Waals surface area contributed by atoms with Gasteiger partial charge in [-0.2, -0.15) is 0 Å². The molecular weight excluding hydrogens is 299 g/mol. The van der Waals surface area contributed by atoms with Crippen molar-refractivity contribution >= 4 is 29.1 Å². The molecule has 2 aliphatic rings. The van der Waals surface area contributed by atoms with Crippen molar-refractivity contribution < 1.29 is 9.90 Å². The van der Waals surface area contributed by atoms with Crippen LogP contribution in [0.25, 0.3) is 0 Å². The Kier molecular flexibility index (Phi) is 5.96. The Bertz CT molecular complexity index is 343. The molecule has 0 aromatic carbocycles. The van der Waals surface area contributed by atoms with Crippen LogP contribution in [-0.2, 0) is 4.79 Å². The van der Waals surface area contributed by atoms with Gasteiger partial charge in [-0.15, -0.1) is 23.2 Å². The van der Waals surface area contributed by atoms with Gasteiger partial charge in [-0.1, -0.05) is 0 Å². The van der Waals surface area contributed by atoms with Crippen LogP contribution in [0.5, 0.6) is 0 Å². The van der Waals surface area contributed by atoms with Crippen molar-refractivity contribution in [2.24, 2.45) is 11.8 Å². The normalized spacial score (nSPS) is 42.2. The van der Waals surface area contributed by atoms with Crippen molar-refractivity contribution in [2.45, 2.75) is 55.5 Å². The lowest BCUT2D eigenvalue weighted by molar-refractivity contribution is -0.119. The van der Waals surface area contributed by atoms with Crippen LogP contribution < -0.4 is 10.6 Å². The first-order valence-corrected chi connectivity index (χ1v) is 8.30. The molecule has 1 saturated heterocycles. The van der Waals surface area contributed by atoms with Crippen LogP contribution in [0.15, 0.2) is 0 Å². The number of rotatable bonds is 3. The molecule has 0 aromatic heterocycles. The molecule has 1 aliphatic carbocycles. The van der Waals surface area contributed by atoms with Gasteiger partial charge in [-0.05, 0) is 38.1 Å². The highest BCUT2D eigenvalue weighted by Gasteiger charge is 2.42. The van der Waals surface area contributed by atoms with Gasteiger partial charge < -0.3 is 15.7 Å². The molecular formula is C14H24Cl2N2O2. The average Bonchev–Trinajstić information content (AvgIpc) is 2.42. The predicted octanol–water partition coefficient (Wildman–Crippen LogP) is 1.48. The van der Waals surface area contributed by atoms with Gasteiger partial charge in [0.1, 0.15) is 0 Å². The molecule has 6 unspecified atom stereocenters. The number of halogens is 2. The van der Waals surface area contributed by atoms with Gasteiger partial charge in [0.15, 0.2) is 0 Å². The molecule has 1 aliphatic heterocycles. The molecule has 1 amide bonds. The van der Waals surface area contributed by atoms with E-state index in [4.69, 9.17) is 23.2 Å². The highest BCUT2D eigenvalue weighted by Crippen LogP contribution is 2.40. The SMILES string of the molecule is CC(=O)NCC1CC(C2C(O)CCC(Cl)C2Cl)CCN1. The van der Waals surface area contributed by atoms with E-state index >= 15 is 0 Å². The van der Waals surface area contributed by atoms with Gasteiger partial charge >= 0.3 is 0 Å². The Morgan fingerprint density at radius 2 is 2.10 bits per heavy atom. The second kappa shape index (κ2) is 7.30. The van der Waals surface area contributed by atoms with Crippen LogP contribution in [0.3, 0.4) is 0 Å². The second-order valence-corrected chi connectivity index (χ2v) is 7.12. The summed E-state index contributed by atoms with van der Waals surface area (Å²) in [5.41, 5.74) is 0. The van der Waals surface area contributed by atoms with Crippen molar-refractivity contribution in [2.75, 3.05) is 13.1 Å². The number of alkyl halides is 2. The molecule has 0 radical (unpaired) electrons. The quantitative estimate of drug-likeness (QED) is 0.690. The summed E-state index contributed by atoms with van der Waals surface area (Å²) in [7, 11) is 0. The van der Waals surface area contributed by atoms with E-state index in [1.807, 2.05) is 0 Å². The maximum absolute atomic E-state index is 11.0. The van der Waals surface area contributed by atoms with Crippen LogP contribution in [0.4, 0.5) is 0 Å². The van der Waals surface area contributed by atoms with E-state index in [1.54, 1.807) is 0 Å². The second-order valence-electron chi connectivity index (χ2n) is 6.06. The fraction of sp³-hybridized carbons (Fsp3) is 0.929. The summed E-state index contributed by atoms with van der Waals surface area (Å²) in [5, 5.41) is 16.3. The third kappa shape index (κ3) is 4.00. The summed E-state index contributed by atoms with van der Waals surface area (Å²) in [6.45, 7) is 3.05. The summed E-state index contributed by atoms with van der Waals surface area (Å²) in [6, 6.07) is 0.254. The van der Waals surface area contributed by atoms with E-state index in [2.05, 4.69) is 10.6 Å². The number of aliphatic hydroxyl groups excluding tert-OH is 1. The average molecular weight is 323 g/mol. The molecule has 2 rings (SSSR count). The zero-order valence-electron chi connectivity index (χ0n) is 11.8. The predicted molar refractivity (Wildman–Crippen MR) is 81.2 cm³/mol. The molecule has 1 saturated carbocycles. The van der Waals surface area contributed by atoms with Crippen LogP contribution in [0.2, 0.25) is 0 Å². The molecule has 2 fully saturated rings. The van der Waals surface area contributed by atoms with Crippen molar-refractivity contribution in [1.29, 1.82) is 0 Å². The number of amides is 1. The molecule has 0 bridgehead atoms. The molecule has 20 heavy (non-hydrogen) atoms. The van der Waals surface area contributed by atoms with Gasteiger partial charge in [0.2, 0.25) is 5.91 Å². The largest absolute Gasteiger partial charge is 0.393 e.